The quantitative estimate of drug-likeness (QED) is 0.144. The number of carbonyl (C=O) groups is 2. The number of hydrogen-bond acceptors (Lipinski definition) is 5. The summed E-state index contributed by atoms with van der Waals surface area (Å²) in [6.07, 6.45) is 0.129. The zero-order chi connectivity index (χ0) is 33.9. The van der Waals surface area contributed by atoms with Crippen LogP contribution in [-0.2, 0) is 32.6 Å². The van der Waals surface area contributed by atoms with E-state index in [0.717, 1.165) is 9.87 Å². The molecule has 0 saturated carbocycles. The smallest absolute Gasteiger partial charge is 0.264 e. The molecule has 5 aromatic rings. The molecule has 0 aromatic heterocycles. The van der Waals surface area contributed by atoms with Crippen LogP contribution in [0.1, 0.15) is 18.1 Å². The molecular weight excluding hydrogens is 629 g/mol. The molecule has 0 aliphatic rings. The fraction of sp³-hybridized carbons (Fsp3) is 0.158. The lowest BCUT2D eigenvalue weighted by Gasteiger charge is -2.34. The lowest BCUT2D eigenvalue weighted by molar-refractivity contribution is -0.140. The molecule has 246 valence electrons. The molecule has 0 spiro atoms. The number of benzene rings is 5. The largest absolute Gasteiger partial charge is 0.457 e. The van der Waals surface area contributed by atoms with Crippen molar-refractivity contribution in [1.29, 1.82) is 0 Å². The third kappa shape index (κ3) is 8.45. The third-order valence-corrected chi connectivity index (χ3v) is 9.42. The van der Waals surface area contributed by atoms with E-state index in [1.165, 1.54) is 35.2 Å². The maximum absolute atomic E-state index is 15.0. The number of para-hydroxylation sites is 1. The number of sulfonamides is 1. The lowest BCUT2D eigenvalue weighted by Crippen LogP contribution is -2.53. The first-order valence-electron chi connectivity index (χ1n) is 15.5. The summed E-state index contributed by atoms with van der Waals surface area (Å²) in [5.41, 5.74) is 1.17. The van der Waals surface area contributed by atoms with Gasteiger partial charge in [-0.2, -0.15) is 0 Å². The average molecular weight is 666 g/mol. The predicted octanol–water partition coefficient (Wildman–Crippen LogP) is 6.59. The van der Waals surface area contributed by atoms with Crippen molar-refractivity contribution in [3.8, 4) is 11.5 Å². The second kappa shape index (κ2) is 15.9. The second-order valence-electron chi connectivity index (χ2n) is 10.9. The highest BCUT2D eigenvalue weighted by molar-refractivity contribution is 7.92. The van der Waals surface area contributed by atoms with E-state index in [2.05, 4.69) is 5.32 Å². The second-order valence-corrected chi connectivity index (χ2v) is 12.8. The first-order chi connectivity index (χ1) is 23.3. The molecule has 0 aliphatic carbocycles. The van der Waals surface area contributed by atoms with Crippen LogP contribution in [0, 0.1) is 5.82 Å². The predicted molar refractivity (Wildman–Crippen MR) is 183 cm³/mol. The Bertz CT molecular complexity index is 1910. The number of hydrogen-bond donors (Lipinski definition) is 1. The van der Waals surface area contributed by atoms with Crippen molar-refractivity contribution >= 4 is 27.5 Å². The van der Waals surface area contributed by atoms with E-state index in [-0.39, 0.29) is 29.1 Å². The van der Waals surface area contributed by atoms with Gasteiger partial charge in [0.05, 0.1) is 10.6 Å². The summed E-state index contributed by atoms with van der Waals surface area (Å²) in [7, 11) is -4.28. The van der Waals surface area contributed by atoms with Gasteiger partial charge >= 0.3 is 0 Å². The van der Waals surface area contributed by atoms with Crippen molar-refractivity contribution in [2.45, 2.75) is 30.8 Å². The van der Waals surface area contributed by atoms with E-state index in [0.29, 0.717) is 18.0 Å². The first-order valence-corrected chi connectivity index (χ1v) is 17.0. The summed E-state index contributed by atoms with van der Waals surface area (Å²) in [6, 6.07) is 37.3. The van der Waals surface area contributed by atoms with Gasteiger partial charge in [-0.1, -0.05) is 84.9 Å². The van der Waals surface area contributed by atoms with Gasteiger partial charge in [0.2, 0.25) is 11.8 Å². The number of nitrogens with zero attached hydrogens (tertiary/aromatic N) is 2. The van der Waals surface area contributed by atoms with Crippen LogP contribution in [0.5, 0.6) is 11.5 Å². The topological polar surface area (TPSA) is 96.0 Å². The average Bonchev–Trinajstić information content (AvgIpc) is 3.11. The summed E-state index contributed by atoms with van der Waals surface area (Å²) < 4.78 is 50.2. The molecule has 5 rings (SSSR count). The Hall–Kier alpha value is -5.48. The molecule has 0 radical (unpaired) electrons. The molecule has 0 unspecified atom stereocenters. The normalized spacial score (nSPS) is 11.7. The Kier molecular flexibility index (Phi) is 11.2. The van der Waals surface area contributed by atoms with Gasteiger partial charge in [0.1, 0.15) is 29.9 Å². The Balaban J connectivity index is 1.55. The van der Waals surface area contributed by atoms with Crippen LogP contribution in [0.3, 0.4) is 0 Å². The minimum absolute atomic E-state index is 0.0207. The van der Waals surface area contributed by atoms with Crippen molar-refractivity contribution in [3.05, 3.63) is 156 Å². The van der Waals surface area contributed by atoms with E-state index in [1.54, 1.807) is 67.6 Å². The zero-order valence-electron chi connectivity index (χ0n) is 26.4. The summed E-state index contributed by atoms with van der Waals surface area (Å²) in [5, 5.41) is 2.80. The molecule has 0 aliphatic heterocycles. The summed E-state index contributed by atoms with van der Waals surface area (Å²) in [6.45, 7) is 1.15. The molecule has 5 aromatic carbocycles. The third-order valence-electron chi connectivity index (χ3n) is 7.63. The number of rotatable bonds is 14. The number of likely N-dealkylation sites (N-methyl/N-ethyl adjacent to an activating group) is 1. The molecule has 0 saturated heterocycles. The van der Waals surface area contributed by atoms with Gasteiger partial charge in [0.25, 0.3) is 10.0 Å². The summed E-state index contributed by atoms with van der Waals surface area (Å²) >= 11 is 0. The first kappa shape index (κ1) is 33.9. The molecule has 10 heteroatoms. The van der Waals surface area contributed by atoms with E-state index in [1.807, 2.05) is 48.5 Å². The van der Waals surface area contributed by atoms with Gasteiger partial charge in [-0.25, -0.2) is 12.8 Å². The number of amides is 2. The molecule has 0 bridgehead atoms. The molecule has 0 heterocycles. The Labute approximate surface area is 280 Å². The van der Waals surface area contributed by atoms with Crippen LogP contribution in [0.2, 0.25) is 0 Å². The minimum Gasteiger partial charge on any atom is -0.457 e. The number of carbonyl (C=O) groups excluding carboxylic acids is 2. The molecule has 2 amide bonds. The van der Waals surface area contributed by atoms with Crippen LogP contribution in [0.15, 0.2) is 144 Å². The maximum atomic E-state index is 15.0. The van der Waals surface area contributed by atoms with Gasteiger partial charge in [-0.3, -0.25) is 13.9 Å². The SMILES string of the molecule is CCNC(=O)[C@H](Cc1ccccc1)N(Cc1ccccc1F)C(=O)CN(c1ccc(Oc2ccccc2)cc1)S(=O)(=O)c1ccccc1. The molecular formula is C38H36FN3O5S. The van der Waals surface area contributed by atoms with Crippen LogP contribution in [0.4, 0.5) is 10.1 Å². The molecule has 48 heavy (non-hydrogen) atoms. The van der Waals surface area contributed by atoms with Gasteiger partial charge in [0.15, 0.2) is 0 Å². The van der Waals surface area contributed by atoms with Gasteiger partial charge in [-0.15, -0.1) is 0 Å². The fourth-order valence-corrected chi connectivity index (χ4v) is 6.64. The fourth-order valence-electron chi connectivity index (χ4n) is 5.21. The van der Waals surface area contributed by atoms with Crippen LogP contribution >= 0.6 is 0 Å². The summed E-state index contributed by atoms with van der Waals surface area (Å²) in [5.74, 6) is -0.602. The van der Waals surface area contributed by atoms with Crippen molar-refractivity contribution in [3.63, 3.8) is 0 Å². The monoisotopic (exact) mass is 665 g/mol. The van der Waals surface area contributed by atoms with Crippen molar-refractivity contribution in [2.24, 2.45) is 0 Å². The number of halogens is 1. The van der Waals surface area contributed by atoms with Gasteiger partial charge in [0, 0.05) is 25.1 Å². The number of nitrogens with one attached hydrogen (secondary N) is 1. The van der Waals surface area contributed by atoms with E-state index in [4.69, 9.17) is 4.74 Å². The van der Waals surface area contributed by atoms with Crippen LogP contribution in [-0.4, -0.2) is 44.3 Å². The van der Waals surface area contributed by atoms with E-state index < -0.39 is 40.2 Å². The molecule has 8 nitrogen and oxygen atoms in total. The van der Waals surface area contributed by atoms with Crippen LogP contribution < -0.4 is 14.4 Å². The van der Waals surface area contributed by atoms with Crippen molar-refractivity contribution < 1.29 is 27.1 Å². The standard InChI is InChI=1S/C38H36FN3O5S/c1-2-40-38(44)36(26-29-14-6-3-7-15-29)41(27-30-16-12-13-21-35(30)39)37(43)28-42(48(45,46)34-19-10-5-11-20-34)31-22-24-33(25-23-31)47-32-17-8-4-9-18-32/h3-25,36H,2,26-28H2,1H3,(H,40,44)/t36-/m0/s1. The van der Waals surface area contributed by atoms with E-state index >= 15 is 4.39 Å². The number of anilines is 1. The zero-order valence-corrected chi connectivity index (χ0v) is 27.2. The number of ether oxygens (including phenoxy) is 1. The van der Waals surface area contributed by atoms with Crippen molar-refractivity contribution in [1.82, 2.24) is 10.2 Å². The van der Waals surface area contributed by atoms with Gasteiger partial charge in [-0.05, 0) is 67.1 Å². The highest BCUT2D eigenvalue weighted by Gasteiger charge is 2.34. The highest BCUT2D eigenvalue weighted by Crippen LogP contribution is 2.29. The van der Waals surface area contributed by atoms with Gasteiger partial charge < -0.3 is 15.0 Å². The molecule has 1 N–H and O–H groups in total. The Morgan fingerprint density at radius 2 is 1.31 bits per heavy atom. The maximum Gasteiger partial charge on any atom is 0.264 e. The minimum atomic E-state index is -4.28. The molecule has 1 atom stereocenters. The lowest BCUT2D eigenvalue weighted by atomic mass is 10.0. The van der Waals surface area contributed by atoms with E-state index in [9.17, 15) is 18.0 Å². The molecule has 0 fully saturated rings. The Morgan fingerprint density at radius 3 is 1.94 bits per heavy atom. The highest BCUT2D eigenvalue weighted by atomic mass is 32.2. The van der Waals surface area contributed by atoms with Crippen LogP contribution in [0.25, 0.3) is 0 Å². The summed E-state index contributed by atoms with van der Waals surface area (Å²) in [4.78, 5) is 29.3. The Morgan fingerprint density at radius 1 is 0.750 bits per heavy atom. The van der Waals surface area contributed by atoms with Crippen molar-refractivity contribution in [2.75, 3.05) is 17.4 Å².